The summed E-state index contributed by atoms with van der Waals surface area (Å²) in [6, 6.07) is 4.16. The Morgan fingerprint density at radius 1 is 1.62 bits per heavy atom. The molecule has 0 atom stereocenters. The summed E-state index contributed by atoms with van der Waals surface area (Å²) in [7, 11) is 0. The predicted octanol–water partition coefficient (Wildman–Crippen LogP) is 2.55. The zero-order valence-electron chi connectivity index (χ0n) is 8.49. The van der Waals surface area contributed by atoms with Crippen molar-refractivity contribution in [3.05, 3.63) is 33.3 Å². The highest BCUT2D eigenvalue weighted by Gasteiger charge is 2.09. The van der Waals surface area contributed by atoms with E-state index in [1.54, 1.807) is 0 Å². The highest BCUT2D eigenvalue weighted by molar-refractivity contribution is 7.80. The summed E-state index contributed by atoms with van der Waals surface area (Å²) in [6.45, 7) is 2.60. The van der Waals surface area contributed by atoms with Gasteiger partial charge in [-0.25, -0.2) is 0 Å². The van der Waals surface area contributed by atoms with Crippen LogP contribution in [0.2, 0.25) is 5.02 Å². The van der Waals surface area contributed by atoms with Crippen molar-refractivity contribution in [2.45, 2.75) is 6.92 Å². The van der Waals surface area contributed by atoms with Crippen molar-refractivity contribution in [1.29, 1.82) is 0 Å². The molecule has 0 fully saturated rings. The van der Waals surface area contributed by atoms with E-state index in [4.69, 9.17) is 23.8 Å². The van der Waals surface area contributed by atoms with Crippen molar-refractivity contribution >= 4 is 40.3 Å². The molecular formula is C9H10ClN3O2S. The molecule has 5 nitrogen and oxygen atoms in total. The maximum atomic E-state index is 10.5. The van der Waals surface area contributed by atoms with Crippen LogP contribution in [0.5, 0.6) is 0 Å². The molecule has 0 radical (unpaired) electrons. The number of halogens is 1. The van der Waals surface area contributed by atoms with Crippen molar-refractivity contribution < 1.29 is 4.92 Å². The number of nitro benzene ring substituents is 1. The molecule has 0 unspecified atom stereocenters. The Labute approximate surface area is 103 Å². The van der Waals surface area contributed by atoms with Crippen LogP contribution in [0.4, 0.5) is 11.4 Å². The van der Waals surface area contributed by atoms with Gasteiger partial charge in [-0.1, -0.05) is 11.6 Å². The molecule has 7 heteroatoms. The molecule has 1 aromatic carbocycles. The van der Waals surface area contributed by atoms with Gasteiger partial charge >= 0.3 is 0 Å². The van der Waals surface area contributed by atoms with Crippen molar-refractivity contribution in [3.63, 3.8) is 0 Å². The fourth-order valence-electron chi connectivity index (χ4n) is 1.05. The maximum absolute atomic E-state index is 10.5. The highest BCUT2D eigenvalue weighted by Crippen LogP contribution is 2.26. The van der Waals surface area contributed by atoms with Crippen molar-refractivity contribution in [3.8, 4) is 0 Å². The number of anilines is 1. The van der Waals surface area contributed by atoms with Crippen LogP contribution in [0, 0.1) is 10.1 Å². The van der Waals surface area contributed by atoms with E-state index >= 15 is 0 Å². The quantitative estimate of drug-likeness (QED) is 0.496. The number of nitrogens with one attached hydrogen (secondary N) is 2. The molecule has 0 aliphatic carbocycles. The highest BCUT2D eigenvalue weighted by atomic mass is 35.5. The first kappa shape index (κ1) is 12.7. The normalized spacial score (nSPS) is 9.62. The smallest absolute Gasteiger partial charge is 0.271 e. The Hall–Kier alpha value is -1.40. The average molecular weight is 260 g/mol. The van der Waals surface area contributed by atoms with Crippen LogP contribution in [0.25, 0.3) is 0 Å². The van der Waals surface area contributed by atoms with Gasteiger partial charge in [0.25, 0.3) is 5.69 Å². The number of nitro groups is 1. The molecule has 0 aliphatic rings. The van der Waals surface area contributed by atoms with E-state index in [9.17, 15) is 10.1 Å². The second-order valence-corrected chi connectivity index (χ2v) is 3.72. The van der Waals surface area contributed by atoms with Crippen LogP contribution in [0.3, 0.4) is 0 Å². The first-order valence-corrected chi connectivity index (χ1v) is 5.32. The van der Waals surface area contributed by atoms with Crippen LogP contribution >= 0.6 is 23.8 Å². The Kier molecular flexibility index (Phi) is 4.45. The minimum atomic E-state index is -0.502. The van der Waals surface area contributed by atoms with Gasteiger partial charge in [0, 0.05) is 18.7 Å². The Bertz CT molecular complexity index is 425. The summed E-state index contributed by atoms with van der Waals surface area (Å²) in [5.41, 5.74) is 0.489. The first-order valence-electron chi connectivity index (χ1n) is 4.53. The third-order valence-electron chi connectivity index (χ3n) is 1.75. The topological polar surface area (TPSA) is 67.2 Å². The molecule has 1 rings (SSSR count). The summed E-state index contributed by atoms with van der Waals surface area (Å²) < 4.78 is 0. The summed E-state index contributed by atoms with van der Waals surface area (Å²) in [5.74, 6) is 0. The monoisotopic (exact) mass is 259 g/mol. The van der Waals surface area contributed by atoms with Gasteiger partial charge in [-0.3, -0.25) is 10.1 Å². The Balaban J connectivity index is 2.83. The standard InChI is InChI=1S/C9H10ClN3O2S/c1-2-11-9(16)12-8-4-3-6(13(14)15)5-7(8)10/h3-5H,2H2,1H3,(H2,11,12,16). The van der Waals surface area contributed by atoms with E-state index in [-0.39, 0.29) is 10.7 Å². The molecule has 0 aromatic heterocycles. The van der Waals surface area contributed by atoms with E-state index in [2.05, 4.69) is 10.6 Å². The zero-order chi connectivity index (χ0) is 12.1. The molecule has 86 valence electrons. The van der Waals surface area contributed by atoms with Crippen LogP contribution in [-0.2, 0) is 0 Å². The molecule has 1 aromatic rings. The van der Waals surface area contributed by atoms with Crippen LogP contribution < -0.4 is 10.6 Å². The third-order valence-corrected chi connectivity index (χ3v) is 2.31. The molecular weight excluding hydrogens is 250 g/mol. The Morgan fingerprint density at radius 2 is 2.31 bits per heavy atom. The number of benzene rings is 1. The van der Waals surface area contributed by atoms with Gasteiger partial charge in [0.1, 0.15) is 0 Å². The molecule has 0 saturated carbocycles. The number of rotatable bonds is 3. The van der Waals surface area contributed by atoms with Crippen LogP contribution in [-0.4, -0.2) is 16.6 Å². The second kappa shape index (κ2) is 5.62. The summed E-state index contributed by atoms with van der Waals surface area (Å²) in [4.78, 5) is 9.98. The molecule has 16 heavy (non-hydrogen) atoms. The van der Waals surface area contributed by atoms with E-state index in [1.165, 1.54) is 18.2 Å². The lowest BCUT2D eigenvalue weighted by molar-refractivity contribution is -0.384. The molecule has 0 heterocycles. The number of hydrogen-bond donors (Lipinski definition) is 2. The molecule has 2 N–H and O–H groups in total. The van der Waals surface area contributed by atoms with Crippen LogP contribution in [0.1, 0.15) is 6.92 Å². The Morgan fingerprint density at radius 3 is 2.81 bits per heavy atom. The van der Waals surface area contributed by atoms with Gasteiger partial charge in [-0.15, -0.1) is 0 Å². The van der Waals surface area contributed by atoms with Crippen molar-refractivity contribution in [2.24, 2.45) is 0 Å². The minimum absolute atomic E-state index is 0.0510. The van der Waals surface area contributed by atoms with Gasteiger partial charge in [-0.05, 0) is 25.2 Å². The fourth-order valence-corrected chi connectivity index (χ4v) is 1.52. The predicted molar refractivity (Wildman–Crippen MR) is 68.0 cm³/mol. The van der Waals surface area contributed by atoms with Crippen molar-refractivity contribution in [2.75, 3.05) is 11.9 Å². The lowest BCUT2D eigenvalue weighted by Gasteiger charge is -2.09. The largest absolute Gasteiger partial charge is 0.363 e. The maximum Gasteiger partial charge on any atom is 0.271 e. The molecule has 0 saturated heterocycles. The van der Waals surface area contributed by atoms with Crippen LogP contribution in [0.15, 0.2) is 18.2 Å². The minimum Gasteiger partial charge on any atom is -0.363 e. The third kappa shape index (κ3) is 3.32. The molecule has 0 amide bonds. The number of non-ortho nitro benzene ring substituents is 1. The van der Waals surface area contributed by atoms with Gasteiger partial charge in [0.15, 0.2) is 5.11 Å². The molecule has 0 spiro atoms. The number of hydrogen-bond acceptors (Lipinski definition) is 3. The average Bonchev–Trinajstić information content (AvgIpc) is 2.21. The second-order valence-electron chi connectivity index (χ2n) is 2.91. The summed E-state index contributed by atoms with van der Waals surface area (Å²) in [5, 5.41) is 16.9. The van der Waals surface area contributed by atoms with E-state index in [0.29, 0.717) is 17.3 Å². The van der Waals surface area contributed by atoms with Gasteiger partial charge < -0.3 is 10.6 Å². The number of nitrogens with zero attached hydrogens (tertiary/aromatic N) is 1. The zero-order valence-corrected chi connectivity index (χ0v) is 10.1. The van der Waals surface area contributed by atoms with Crippen molar-refractivity contribution in [1.82, 2.24) is 5.32 Å². The molecule has 0 aliphatic heterocycles. The summed E-state index contributed by atoms with van der Waals surface area (Å²) >= 11 is 10.8. The lowest BCUT2D eigenvalue weighted by atomic mass is 10.3. The lowest BCUT2D eigenvalue weighted by Crippen LogP contribution is -2.27. The van der Waals surface area contributed by atoms with E-state index in [0.717, 1.165) is 0 Å². The number of thiocarbonyl (C=S) groups is 1. The van der Waals surface area contributed by atoms with Gasteiger partial charge in [-0.2, -0.15) is 0 Å². The van der Waals surface area contributed by atoms with Gasteiger partial charge in [0.2, 0.25) is 0 Å². The van der Waals surface area contributed by atoms with E-state index < -0.39 is 4.92 Å². The van der Waals surface area contributed by atoms with E-state index in [1.807, 2.05) is 6.92 Å². The SMILES string of the molecule is CCNC(=S)Nc1ccc([N+](=O)[O-])cc1Cl. The van der Waals surface area contributed by atoms with Gasteiger partial charge in [0.05, 0.1) is 15.6 Å². The summed E-state index contributed by atoms with van der Waals surface area (Å²) in [6.07, 6.45) is 0. The molecule has 0 bridgehead atoms. The first-order chi connectivity index (χ1) is 7.54. The fraction of sp³-hybridized carbons (Fsp3) is 0.222.